The van der Waals surface area contributed by atoms with Gasteiger partial charge in [-0.25, -0.2) is 4.98 Å². The molecule has 22 heavy (non-hydrogen) atoms. The van der Waals surface area contributed by atoms with E-state index in [1.165, 1.54) is 32.1 Å². The highest BCUT2D eigenvalue weighted by atomic mass is 35.5. The van der Waals surface area contributed by atoms with Gasteiger partial charge in [-0.15, -0.1) is 0 Å². The van der Waals surface area contributed by atoms with E-state index in [9.17, 15) is 0 Å². The van der Waals surface area contributed by atoms with E-state index < -0.39 is 0 Å². The molecule has 0 atom stereocenters. The van der Waals surface area contributed by atoms with Crippen molar-refractivity contribution in [2.45, 2.75) is 45.1 Å². The third kappa shape index (κ3) is 3.69. The molecule has 1 aliphatic carbocycles. The first-order valence-corrected chi connectivity index (χ1v) is 8.22. The average molecular weight is 317 g/mol. The number of anilines is 3. The zero-order valence-corrected chi connectivity index (χ0v) is 13.5. The third-order valence-corrected chi connectivity index (χ3v) is 4.54. The fraction of sp³-hybridized carbons (Fsp3) is 0.412. The normalized spacial score (nSPS) is 15.5. The molecule has 0 bridgehead atoms. The number of hydrogen-bond acceptors (Lipinski definition) is 4. The summed E-state index contributed by atoms with van der Waals surface area (Å²) in [5.41, 5.74) is 1.93. The Morgan fingerprint density at radius 2 is 1.95 bits per heavy atom. The molecule has 0 unspecified atom stereocenters. The van der Waals surface area contributed by atoms with E-state index in [2.05, 4.69) is 20.6 Å². The fourth-order valence-corrected chi connectivity index (χ4v) is 2.99. The highest BCUT2D eigenvalue weighted by Gasteiger charge is 2.13. The highest BCUT2D eigenvalue weighted by molar-refractivity contribution is 6.31. The first kappa shape index (κ1) is 15.1. The molecule has 1 saturated carbocycles. The lowest BCUT2D eigenvalue weighted by Crippen LogP contribution is -2.22. The molecule has 3 rings (SSSR count). The Morgan fingerprint density at radius 1 is 1.14 bits per heavy atom. The molecule has 0 spiro atoms. The van der Waals surface area contributed by atoms with Crippen LogP contribution in [-0.2, 0) is 0 Å². The second-order valence-corrected chi connectivity index (χ2v) is 6.19. The van der Waals surface area contributed by atoms with Crippen molar-refractivity contribution < 1.29 is 0 Å². The molecular weight excluding hydrogens is 296 g/mol. The zero-order valence-electron chi connectivity index (χ0n) is 12.8. The smallest absolute Gasteiger partial charge is 0.229 e. The van der Waals surface area contributed by atoms with E-state index in [1.54, 1.807) is 6.20 Å². The molecule has 4 nitrogen and oxygen atoms in total. The van der Waals surface area contributed by atoms with Crippen LogP contribution in [0.2, 0.25) is 5.02 Å². The molecule has 1 fully saturated rings. The first-order valence-electron chi connectivity index (χ1n) is 7.84. The molecule has 2 N–H and O–H groups in total. The summed E-state index contributed by atoms with van der Waals surface area (Å²) in [4.78, 5) is 8.85. The molecule has 2 aromatic rings. The molecule has 0 saturated heterocycles. The Labute approximate surface area is 136 Å². The predicted molar refractivity (Wildman–Crippen MR) is 92.0 cm³/mol. The quantitative estimate of drug-likeness (QED) is 0.840. The maximum Gasteiger partial charge on any atom is 0.229 e. The lowest BCUT2D eigenvalue weighted by molar-refractivity contribution is 0.462. The van der Waals surface area contributed by atoms with Crippen LogP contribution in [0.15, 0.2) is 30.5 Å². The average Bonchev–Trinajstić information content (AvgIpc) is 2.53. The summed E-state index contributed by atoms with van der Waals surface area (Å²) in [7, 11) is 0. The Balaban J connectivity index is 1.72. The predicted octanol–water partition coefficient (Wildman–Crippen LogP) is 4.93. The summed E-state index contributed by atoms with van der Waals surface area (Å²) in [5.74, 6) is 1.47. The van der Waals surface area contributed by atoms with Crippen molar-refractivity contribution >= 4 is 29.1 Å². The van der Waals surface area contributed by atoms with Gasteiger partial charge in [0.05, 0.1) is 0 Å². The fourth-order valence-electron chi connectivity index (χ4n) is 2.82. The molecule has 0 amide bonds. The van der Waals surface area contributed by atoms with E-state index in [0.717, 1.165) is 22.1 Å². The van der Waals surface area contributed by atoms with Crippen molar-refractivity contribution in [2.24, 2.45) is 0 Å². The monoisotopic (exact) mass is 316 g/mol. The Kier molecular flexibility index (Phi) is 4.78. The van der Waals surface area contributed by atoms with Crippen LogP contribution >= 0.6 is 11.6 Å². The number of nitrogens with one attached hydrogen (secondary N) is 2. The van der Waals surface area contributed by atoms with Crippen LogP contribution < -0.4 is 10.6 Å². The van der Waals surface area contributed by atoms with Crippen LogP contribution in [0.5, 0.6) is 0 Å². The molecule has 0 radical (unpaired) electrons. The van der Waals surface area contributed by atoms with Gasteiger partial charge in [0.1, 0.15) is 5.82 Å². The van der Waals surface area contributed by atoms with E-state index in [0.29, 0.717) is 12.0 Å². The maximum absolute atomic E-state index is 6.15. The van der Waals surface area contributed by atoms with Gasteiger partial charge in [-0.1, -0.05) is 36.9 Å². The summed E-state index contributed by atoms with van der Waals surface area (Å²) < 4.78 is 0. The summed E-state index contributed by atoms with van der Waals surface area (Å²) >= 11 is 6.15. The van der Waals surface area contributed by atoms with Gasteiger partial charge in [-0.2, -0.15) is 4.98 Å². The molecule has 1 heterocycles. The van der Waals surface area contributed by atoms with E-state index >= 15 is 0 Å². The third-order valence-electron chi connectivity index (χ3n) is 4.13. The minimum Gasteiger partial charge on any atom is -0.367 e. The Morgan fingerprint density at radius 3 is 2.77 bits per heavy atom. The summed E-state index contributed by atoms with van der Waals surface area (Å²) in [6, 6.07) is 8.23. The van der Waals surface area contributed by atoms with Crippen molar-refractivity contribution in [3.8, 4) is 0 Å². The van der Waals surface area contributed by atoms with Gasteiger partial charge in [0, 0.05) is 22.9 Å². The number of rotatable bonds is 4. The van der Waals surface area contributed by atoms with Crippen molar-refractivity contribution in [1.82, 2.24) is 9.97 Å². The number of hydrogen-bond donors (Lipinski definition) is 2. The molecule has 1 aliphatic rings. The van der Waals surface area contributed by atoms with Crippen molar-refractivity contribution in [2.75, 3.05) is 10.6 Å². The molecule has 1 aromatic heterocycles. The molecule has 116 valence electrons. The Hall–Kier alpha value is -1.81. The molecule has 0 aliphatic heterocycles. The number of aromatic nitrogens is 2. The second-order valence-electron chi connectivity index (χ2n) is 5.78. The van der Waals surface area contributed by atoms with Gasteiger partial charge < -0.3 is 10.6 Å². The van der Waals surface area contributed by atoms with E-state index in [4.69, 9.17) is 11.6 Å². The van der Waals surface area contributed by atoms with Crippen LogP contribution in [0.1, 0.15) is 37.7 Å². The van der Waals surface area contributed by atoms with Crippen molar-refractivity contribution in [3.05, 3.63) is 41.0 Å². The van der Waals surface area contributed by atoms with Gasteiger partial charge in [0.15, 0.2) is 0 Å². The topological polar surface area (TPSA) is 49.8 Å². The van der Waals surface area contributed by atoms with Crippen LogP contribution in [0.25, 0.3) is 0 Å². The minimum absolute atomic E-state index is 0.532. The van der Waals surface area contributed by atoms with Crippen LogP contribution in [0.4, 0.5) is 17.5 Å². The van der Waals surface area contributed by atoms with E-state index in [-0.39, 0.29) is 0 Å². The standard InChI is InChI=1S/C17H21ClN4/c1-12-14(18)8-5-9-15(12)21-17-19-11-10-16(22-17)20-13-6-3-2-4-7-13/h5,8-11,13H,2-4,6-7H2,1H3,(H2,19,20,21,22). The second kappa shape index (κ2) is 6.97. The number of halogens is 1. The highest BCUT2D eigenvalue weighted by Crippen LogP contribution is 2.25. The van der Waals surface area contributed by atoms with Gasteiger partial charge in [-0.05, 0) is 43.5 Å². The largest absolute Gasteiger partial charge is 0.367 e. The lowest BCUT2D eigenvalue weighted by atomic mass is 9.95. The van der Waals surface area contributed by atoms with Gasteiger partial charge in [-0.3, -0.25) is 0 Å². The Bertz CT molecular complexity index is 638. The minimum atomic E-state index is 0.532. The van der Waals surface area contributed by atoms with Gasteiger partial charge >= 0.3 is 0 Å². The summed E-state index contributed by atoms with van der Waals surface area (Å²) in [6.45, 7) is 1.98. The first-order chi connectivity index (χ1) is 10.7. The van der Waals surface area contributed by atoms with Crippen LogP contribution in [-0.4, -0.2) is 16.0 Å². The van der Waals surface area contributed by atoms with Gasteiger partial charge in [0.2, 0.25) is 5.95 Å². The number of nitrogens with zero attached hydrogens (tertiary/aromatic N) is 2. The summed E-state index contributed by atoms with van der Waals surface area (Å²) in [6.07, 6.45) is 8.18. The van der Waals surface area contributed by atoms with Gasteiger partial charge in [0.25, 0.3) is 0 Å². The SMILES string of the molecule is Cc1c(Cl)cccc1Nc1nccc(NC2CCCCC2)n1. The zero-order chi connectivity index (χ0) is 15.4. The number of benzene rings is 1. The van der Waals surface area contributed by atoms with Crippen LogP contribution in [0.3, 0.4) is 0 Å². The van der Waals surface area contributed by atoms with Crippen molar-refractivity contribution in [1.29, 1.82) is 0 Å². The summed E-state index contributed by atoms with van der Waals surface area (Å²) in [5, 5.41) is 7.50. The molecule has 1 aromatic carbocycles. The lowest BCUT2D eigenvalue weighted by Gasteiger charge is -2.23. The van der Waals surface area contributed by atoms with Crippen molar-refractivity contribution in [3.63, 3.8) is 0 Å². The van der Waals surface area contributed by atoms with Crippen LogP contribution in [0, 0.1) is 6.92 Å². The van der Waals surface area contributed by atoms with E-state index in [1.807, 2.05) is 31.2 Å². The molecule has 5 heteroatoms. The maximum atomic E-state index is 6.15. The molecular formula is C17H21ClN4.